The molecule has 2 heterocycles. The highest BCUT2D eigenvalue weighted by Gasteiger charge is 2.47. The summed E-state index contributed by atoms with van der Waals surface area (Å²) in [4.78, 5) is 20.6. The molecule has 2 aromatic heterocycles. The number of fused-ring (bicyclic) bond motifs is 1. The number of aliphatic hydroxyl groups excluding tert-OH is 2. The van der Waals surface area contributed by atoms with Crippen LogP contribution in [0.2, 0.25) is 0 Å². The molecule has 0 aromatic carbocycles. The van der Waals surface area contributed by atoms with Crippen molar-refractivity contribution in [3.05, 3.63) is 0 Å². The molecule has 10 nitrogen and oxygen atoms in total. The van der Waals surface area contributed by atoms with Crippen LogP contribution in [0.25, 0.3) is 11.2 Å². The van der Waals surface area contributed by atoms with E-state index >= 15 is 0 Å². The lowest BCUT2D eigenvalue weighted by Gasteiger charge is -2.17. The van der Waals surface area contributed by atoms with E-state index in [1.807, 2.05) is 0 Å². The summed E-state index contributed by atoms with van der Waals surface area (Å²) in [7, 11) is 0. The molecular formula is C18H26N6O4S. The number of carbonyl (C=O) groups is 1. The Bertz CT molecular complexity index is 887. The van der Waals surface area contributed by atoms with E-state index in [9.17, 15) is 20.1 Å². The van der Waals surface area contributed by atoms with Gasteiger partial charge >= 0.3 is 5.97 Å². The lowest BCUT2D eigenvalue weighted by atomic mass is 10.1. The largest absolute Gasteiger partial charge is 0.481 e. The normalized spacial score (nSPS) is 27.7. The smallest absolute Gasteiger partial charge is 0.309 e. The number of anilines is 1. The molecule has 0 amide bonds. The van der Waals surface area contributed by atoms with E-state index < -0.39 is 30.1 Å². The zero-order valence-corrected chi connectivity index (χ0v) is 17.0. The molecule has 4 atom stereocenters. The van der Waals surface area contributed by atoms with Crippen molar-refractivity contribution >= 4 is 34.7 Å². The Morgan fingerprint density at radius 2 is 2.00 bits per heavy atom. The van der Waals surface area contributed by atoms with Crippen molar-refractivity contribution < 1.29 is 20.1 Å². The third-order valence-electron chi connectivity index (χ3n) is 5.72. The second kappa shape index (κ2) is 8.41. The summed E-state index contributed by atoms with van der Waals surface area (Å²) in [6, 6.07) is -0.382. The van der Waals surface area contributed by atoms with E-state index in [4.69, 9.17) is 0 Å². The van der Waals surface area contributed by atoms with Gasteiger partial charge in [-0.1, -0.05) is 36.7 Å². The van der Waals surface area contributed by atoms with Gasteiger partial charge < -0.3 is 20.6 Å². The molecule has 0 radical (unpaired) electrons. The van der Waals surface area contributed by atoms with Crippen LogP contribution < -0.4 is 5.32 Å². The van der Waals surface area contributed by atoms with Crippen molar-refractivity contribution in [3.63, 3.8) is 0 Å². The fraction of sp³-hybridized carbons (Fsp3) is 0.722. The Morgan fingerprint density at radius 3 is 2.66 bits per heavy atom. The summed E-state index contributed by atoms with van der Waals surface area (Å²) in [5.74, 6) is -0.710. The monoisotopic (exact) mass is 422 g/mol. The standard InChI is InChI=1S/C18H26N6O4S/c1-2-7-29-18-20-15(19-9-5-3-4-6-9)12-16(21-18)24(23-22-12)11-8-10(17(27)28)13(25)14(11)26/h9-11,13-14,25-26H,2-8H2,1H3,(H,27,28)(H,19,20,21)/t10-,11?,13?,14?/m0/s1. The van der Waals surface area contributed by atoms with Gasteiger partial charge in [0.05, 0.1) is 18.1 Å². The van der Waals surface area contributed by atoms with Crippen molar-refractivity contribution in [3.8, 4) is 0 Å². The molecule has 0 saturated heterocycles. The van der Waals surface area contributed by atoms with E-state index in [0.29, 0.717) is 28.2 Å². The van der Waals surface area contributed by atoms with Crippen molar-refractivity contribution in [1.82, 2.24) is 25.0 Å². The minimum Gasteiger partial charge on any atom is -0.481 e. The highest BCUT2D eigenvalue weighted by atomic mass is 32.2. The number of aliphatic hydroxyl groups is 2. The average Bonchev–Trinajstić information content (AvgIpc) is 3.41. The molecule has 2 aliphatic carbocycles. The zero-order chi connectivity index (χ0) is 20.5. The van der Waals surface area contributed by atoms with Crippen LogP contribution >= 0.6 is 11.8 Å². The van der Waals surface area contributed by atoms with Crippen LogP contribution in [0.5, 0.6) is 0 Å². The molecule has 3 unspecified atom stereocenters. The van der Waals surface area contributed by atoms with Gasteiger partial charge in [0.15, 0.2) is 22.1 Å². The molecule has 4 rings (SSSR count). The molecule has 0 spiro atoms. The maximum atomic E-state index is 11.4. The van der Waals surface area contributed by atoms with Gasteiger partial charge in [-0.15, -0.1) is 5.10 Å². The summed E-state index contributed by atoms with van der Waals surface area (Å²) in [6.45, 7) is 2.08. The minimum atomic E-state index is -1.36. The fourth-order valence-corrected chi connectivity index (χ4v) is 4.85. The van der Waals surface area contributed by atoms with Crippen molar-refractivity contribution in [1.29, 1.82) is 0 Å². The summed E-state index contributed by atoms with van der Waals surface area (Å²) < 4.78 is 1.45. The number of aromatic nitrogens is 5. The fourth-order valence-electron chi connectivity index (χ4n) is 4.15. The van der Waals surface area contributed by atoms with Crippen LogP contribution in [0, 0.1) is 5.92 Å². The van der Waals surface area contributed by atoms with Crippen molar-refractivity contribution in [2.24, 2.45) is 5.92 Å². The topological polar surface area (TPSA) is 146 Å². The van der Waals surface area contributed by atoms with Crippen LogP contribution in [0.4, 0.5) is 5.82 Å². The first-order chi connectivity index (χ1) is 14.0. The average molecular weight is 423 g/mol. The van der Waals surface area contributed by atoms with Gasteiger partial charge in [-0.3, -0.25) is 4.79 Å². The molecular weight excluding hydrogens is 396 g/mol. The van der Waals surface area contributed by atoms with Crippen LogP contribution in [-0.4, -0.2) is 70.3 Å². The van der Waals surface area contributed by atoms with E-state index in [0.717, 1.165) is 25.0 Å². The molecule has 0 aliphatic heterocycles. The second-order valence-corrected chi connectivity index (χ2v) is 8.83. The minimum absolute atomic E-state index is 0.0585. The first-order valence-electron chi connectivity index (χ1n) is 10.1. The molecule has 0 bridgehead atoms. The molecule has 4 N–H and O–H groups in total. The van der Waals surface area contributed by atoms with Gasteiger partial charge in [0, 0.05) is 11.8 Å². The number of thioether (sulfide) groups is 1. The van der Waals surface area contributed by atoms with Crippen LogP contribution in [-0.2, 0) is 4.79 Å². The number of nitrogens with zero attached hydrogens (tertiary/aromatic N) is 5. The molecule has 2 aliphatic rings. The lowest BCUT2D eigenvalue weighted by Crippen LogP contribution is -2.32. The number of carboxylic acid groups (broad SMARTS) is 1. The summed E-state index contributed by atoms with van der Waals surface area (Å²) in [5, 5.41) is 42.4. The van der Waals surface area contributed by atoms with E-state index in [-0.39, 0.29) is 6.42 Å². The molecule has 158 valence electrons. The number of rotatable bonds is 7. The molecule has 29 heavy (non-hydrogen) atoms. The Hall–Kier alpha value is -1.98. The number of aliphatic carboxylic acids is 1. The number of hydrogen-bond donors (Lipinski definition) is 4. The predicted molar refractivity (Wildman–Crippen MR) is 107 cm³/mol. The molecule has 2 saturated carbocycles. The Kier molecular flexibility index (Phi) is 5.88. The first-order valence-corrected chi connectivity index (χ1v) is 11.1. The number of carboxylic acids is 1. The Balaban J connectivity index is 1.72. The maximum Gasteiger partial charge on any atom is 0.309 e. The first kappa shape index (κ1) is 20.3. The molecule has 11 heteroatoms. The summed E-state index contributed by atoms with van der Waals surface area (Å²) >= 11 is 1.53. The van der Waals surface area contributed by atoms with E-state index in [1.165, 1.54) is 29.3 Å². The third kappa shape index (κ3) is 3.90. The zero-order valence-electron chi connectivity index (χ0n) is 16.2. The van der Waals surface area contributed by atoms with Crippen LogP contribution in [0.1, 0.15) is 51.5 Å². The quantitative estimate of drug-likeness (QED) is 0.382. The summed E-state index contributed by atoms with van der Waals surface area (Å²) in [5.41, 5.74) is 0.944. The number of nitrogens with one attached hydrogen (secondary N) is 1. The third-order valence-corrected chi connectivity index (χ3v) is 6.77. The van der Waals surface area contributed by atoms with Crippen LogP contribution in [0.3, 0.4) is 0 Å². The van der Waals surface area contributed by atoms with Gasteiger partial charge in [0.1, 0.15) is 6.10 Å². The predicted octanol–water partition coefficient (Wildman–Crippen LogP) is 1.45. The Labute approximate surface area is 172 Å². The molecule has 2 fully saturated rings. The summed E-state index contributed by atoms with van der Waals surface area (Å²) in [6.07, 6.45) is 2.93. The molecule has 2 aromatic rings. The van der Waals surface area contributed by atoms with Crippen LogP contribution in [0.15, 0.2) is 5.16 Å². The van der Waals surface area contributed by atoms with Crippen molar-refractivity contribution in [2.75, 3.05) is 11.1 Å². The highest BCUT2D eigenvalue weighted by Crippen LogP contribution is 2.37. The SMILES string of the molecule is CCCSc1nc(NC2CCCC2)c2nnn(C3C[C@H](C(=O)O)C(O)C3O)c2n1. The Morgan fingerprint density at radius 1 is 1.24 bits per heavy atom. The number of hydrogen-bond acceptors (Lipinski definition) is 9. The van der Waals surface area contributed by atoms with Gasteiger partial charge in [-0.25, -0.2) is 14.6 Å². The maximum absolute atomic E-state index is 11.4. The lowest BCUT2D eigenvalue weighted by molar-refractivity contribution is -0.145. The van der Waals surface area contributed by atoms with Gasteiger partial charge in [-0.05, 0) is 25.7 Å². The van der Waals surface area contributed by atoms with E-state index in [2.05, 4.69) is 32.5 Å². The van der Waals surface area contributed by atoms with Crippen molar-refractivity contribution in [2.45, 2.75) is 74.9 Å². The van der Waals surface area contributed by atoms with E-state index in [1.54, 1.807) is 0 Å². The second-order valence-electron chi connectivity index (χ2n) is 7.76. The van der Waals surface area contributed by atoms with Gasteiger partial charge in [-0.2, -0.15) is 0 Å². The van der Waals surface area contributed by atoms with Gasteiger partial charge in [0.2, 0.25) is 0 Å². The highest BCUT2D eigenvalue weighted by molar-refractivity contribution is 7.99. The van der Waals surface area contributed by atoms with Gasteiger partial charge in [0.25, 0.3) is 0 Å².